The molecule has 0 atom stereocenters. The van der Waals surface area contributed by atoms with Crippen molar-refractivity contribution in [2.24, 2.45) is 4.99 Å². The molecule has 0 saturated heterocycles. The fourth-order valence-corrected chi connectivity index (χ4v) is 2.38. The van der Waals surface area contributed by atoms with E-state index in [4.69, 9.17) is 4.74 Å². The van der Waals surface area contributed by atoms with E-state index in [0.717, 1.165) is 38.5 Å². The van der Waals surface area contributed by atoms with Crippen LogP contribution in [0.5, 0.6) is 0 Å². The van der Waals surface area contributed by atoms with Crippen LogP contribution in [0.25, 0.3) is 0 Å². The Morgan fingerprint density at radius 3 is 2.50 bits per heavy atom. The Labute approximate surface area is 148 Å². The highest BCUT2D eigenvalue weighted by molar-refractivity contribution is 14.0. The number of hydrogen-bond acceptors (Lipinski definition) is 2. The zero-order valence-electron chi connectivity index (χ0n) is 13.2. The van der Waals surface area contributed by atoms with Gasteiger partial charge in [-0.3, -0.25) is 4.99 Å². The summed E-state index contributed by atoms with van der Waals surface area (Å²) in [6, 6.07) is 6.83. The summed E-state index contributed by atoms with van der Waals surface area (Å²) >= 11 is 0. The molecule has 124 valence electrons. The summed E-state index contributed by atoms with van der Waals surface area (Å²) in [6.07, 6.45) is 2.25. The standard InChI is InChI=1S/C16H24FN3O.HI/c1-3-21-11-10-19-15(18-2)20-12-16(8-9-16)13-4-6-14(17)7-5-13;/h4-7H,3,8-12H2,1-2H3,(H2,18,19,20);1H. The van der Waals surface area contributed by atoms with E-state index in [2.05, 4.69) is 15.6 Å². The monoisotopic (exact) mass is 421 g/mol. The van der Waals surface area contributed by atoms with Crippen LogP contribution in [0, 0.1) is 5.82 Å². The molecule has 0 radical (unpaired) electrons. The second-order valence-corrected chi connectivity index (χ2v) is 5.34. The van der Waals surface area contributed by atoms with Crippen LogP contribution in [0.3, 0.4) is 0 Å². The number of nitrogens with zero attached hydrogens (tertiary/aromatic N) is 1. The Bertz CT molecular complexity index is 475. The maximum Gasteiger partial charge on any atom is 0.191 e. The highest BCUT2D eigenvalue weighted by Crippen LogP contribution is 2.47. The molecule has 1 aromatic carbocycles. The first kappa shape index (κ1) is 19.2. The van der Waals surface area contributed by atoms with E-state index < -0.39 is 0 Å². The molecule has 1 saturated carbocycles. The minimum absolute atomic E-state index is 0. The second kappa shape index (κ2) is 9.29. The van der Waals surface area contributed by atoms with Gasteiger partial charge in [0, 0.05) is 32.2 Å². The van der Waals surface area contributed by atoms with Crippen LogP contribution >= 0.6 is 24.0 Å². The Balaban J connectivity index is 0.00000242. The summed E-state index contributed by atoms with van der Waals surface area (Å²) in [4.78, 5) is 4.20. The van der Waals surface area contributed by atoms with E-state index in [1.807, 2.05) is 19.1 Å². The molecule has 4 nitrogen and oxygen atoms in total. The summed E-state index contributed by atoms with van der Waals surface area (Å²) in [5.41, 5.74) is 1.33. The molecule has 22 heavy (non-hydrogen) atoms. The maximum absolute atomic E-state index is 13.0. The Hall–Kier alpha value is -0.890. The van der Waals surface area contributed by atoms with Gasteiger partial charge in [-0.15, -0.1) is 24.0 Å². The molecule has 1 aliphatic carbocycles. The number of nitrogens with one attached hydrogen (secondary N) is 2. The van der Waals surface area contributed by atoms with Crippen molar-refractivity contribution in [3.8, 4) is 0 Å². The van der Waals surface area contributed by atoms with E-state index in [1.54, 1.807) is 7.05 Å². The molecule has 1 fully saturated rings. The maximum atomic E-state index is 13.0. The van der Waals surface area contributed by atoms with Gasteiger partial charge in [-0.05, 0) is 37.5 Å². The molecule has 0 unspecified atom stereocenters. The molecule has 0 aromatic heterocycles. The van der Waals surface area contributed by atoms with Crippen LogP contribution in [-0.4, -0.2) is 39.3 Å². The zero-order valence-corrected chi connectivity index (χ0v) is 15.5. The number of aliphatic imine (C=N–C) groups is 1. The van der Waals surface area contributed by atoms with Gasteiger partial charge in [0.2, 0.25) is 0 Å². The summed E-state index contributed by atoms with van der Waals surface area (Å²) in [6.45, 7) is 4.91. The van der Waals surface area contributed by atoms with Crippen LogP contribution in [0.4, 0.5) is 4.39 Å². The summed E-state index contributed by atoms with van der Waals surface area (Å²) in [7, 11) is 1.76. The Morgan fingerprint density at radius 1 is 1.27 bits per heavy atom. The number of guanidine groups is 1. The fraction of sp³-hybridized carbons (Fsp3) is 0.562. The largest absolute Gasteiger partial charge is 0.380 e. The summed E-state index contributed by atoms with van der Waals surface area (Å²) in [5.74, 6) is 0.596. The molecule has 0 bridgehead atoms. The molecule has 0 aliphatic heterocycles. The van der Waals surface area contributed by atoms with E-state index >= 15 is 0 Å². The highest BCUT2D eigenvalue weighted by atomic mass is 127. The summed E-state index contributed by atoms with van der Waals surface area (Å²) < 4.78 is 18.3. The van der Waals surface area contributed by atoms with Crippen LogP contribution in [0.15, 0.2) is 29.3 Å². The molecule has 0 amide bonds. The van der Waals surface area contributed by atoms with Crippen LogP contribution < -0.4 is 10.6 Å². The molecule has 1 aliphatic rings. The smallest absolute Gasteiger partial charge is 0.191 e. The predicted molar refractivity (Wildman–Crippen MR) is 98.6 cm³/mol. The van der Waals surface area contributed by atoms with Crippen molar-refractivity contribution in [1.82, 2.24) is 10.6 Å². The number of rotatable bonds is 7. The van der Waals surface area contributed by atoms with Gasteiger partial charge in [-0.2, -0.15) is 0 Å². The first-order valence-corrected chi connectivity index (χ1v) is 7.48. The second-order valence-electron chi connectivity index (χ2n) is 5.34. The number of hydrogen-bond donors (Lipinski definition) is 2. The molecule has 1 aromatic rings. The van der Waals surface area contributed by atoms with E-state index in [-0.39, 0.29) is 35.2 Å². The van der Waals surface area contributed by atoms with Crippen molar-refractivity contribution in [2.45, 2.75) is 25.2 Å². The normalized spacial score (nSPS) is 15.9. The predicted octanol–water partition coefficient (Wildman–Crippen LogP) is 2.68. The molecule has 0 heterocycles. The lowest BCUT2D eigenvalue weighted by atomic mass is 9.96. The van der Waals surface area contributed by atoms with Gasteiger partial charge in [-0.25, -0.2) is 4.39 Å². The van der Waals surface area contributed by atoms with Gasteiger partial charge in [0.05, 0.1) is 6.61 Å². The number of ether oxygens (including phenoxy) is 1. The average Bonchev–Trinajstić information content (AvgIpc) is 3.28. The summed E-state index contributed by atoms with van der Waals surface area (Å²) in [5, 5.41) is 6.57. The van der Waals surface area contributed by atoms with Crippen molar-refractivity contribution in [2.75, 3.05) is 33.4 Å². The van der Waals surface area contributed by atoms with E-state index in [9.17, 15) is 4.39 Å². The third kappa shape index (κ3) is 5.39. The van der Waals surface area contributed by atoms with Gasteiger partial charge < -0.3 is 15.4 Å². The lowest BCUT2D eigenvalue weighted by Gasteiger charge is -2.19. The van der Waals surface area contributed by atoms with Crippen molar-refractivity contribution in [3.05, 3.63) is 35.6 Å². The lowest BCUT2D eigenvalue weighted by Crippen LogP contribution is -2.42. The van der Waals surface area contributed by atoms with Gasteiger partial charge in [0.1, 0.15) is 5.82 Å². The number of benzene rings is 1. The van der Waals surface area contributed by atoms with Crippen LogP contribution in [0.1, 0.15) is 25.3 Å². The topological polar surface area (TPSA) is 45.6 Å². The van der Waals surface area contributed by atoms with E-state index in [0.29, 0.717) is 6.61 Å². The first-order chi connectivity index (χ1) is 10.2. The van der Waals surface area contributed by atoms with Crippen molar-refractivity contribution in [3.63, 3.8) is 0 Å². The zero-order chi connectivity index (χ0) is 15.1. The Kier molecular flexibility index (Phi) is 8.09. The van der Waals surface area contributed by atoms with Crippen molar-refractivity contribution < 1.29 is 9.13 Å². The van der Waals surface area contributed by atoms with Crippen molar-refractivity contribution in [1.29, 1.82) is 0 Å². The van der Waals surface area contributed by atoms with Crippen LogP contribution in [-0.2, 0) is 10.2 Å². The van der Waals surface area contributed by atoms with E-state index in [1.165, 1.54) is 17.7 Å². The molecule has 6 heteroatoms. The third-order valence-corrected chi connectivity index (χ3v) is 3.87. The third-order valence-electron chi connectivity index (χ3n) is 3.87. The molecular formula is C16H25FIN3O. The molecular weight excluding hydrogens is 396 g/mol. The molecule has 2 N–H and O–H groups in total. The van der Waals surface area contributed by atoms with Crippen molar-refractivity contribution >= 4 is 29.9 Å². The average molecular weight is 421 g/mol. The van der Waals surface area contributed by atoms with Gasteiger partial charge in [-0.1, -0.05) is 12.1 Å². The van der Waals surface area contributed by atoms with Gasteiger partial charge >= 0.3 is 0 Å². The lowest BCUT2D eigenvalue weighted by molar-refractivity contribution is 0.152. The minimum Gasteiger partial charge on any atom is -0.380 e. The highest BCUT2D eigenvalue weighted by Gasteiger charge is 2.44. The molecule has 0 spiro atoms. The number of halogens is 2. The Morgan fingerprint density at radius 2 is 1.95 bits per heavy atom. The molecule has 2 rings (SSSR count). The van der Waals surface area contributed by atoms with Gasteiger partial charge in [0.15, 0.2) is 5.96 Å². The fourth-order valence-electron chi connectivity index (χ4n) is 2.38. The first-order valence-electron chi connectivity index (χ1n) is 7.48. The van der Waals surface area contributed by atoms with Crippen LogP contribution in [0.2, 0.25) is 0 Å². The van der Waals surface area contributed by atoms with Gasteiger partial charge in [0.25, 0.3) is 0 Å². The SMILES string of the molecule is CCOCCNC(=NC)NCC1(c2ccc(F)cc2)CC1.I. The minimum atomic E-state index is -0.184. The quantitative estimate of drug-likeness (QED) is 0.308.